The van der Waals surface area contributed by atoms with Gasteiger partial charge in [0.2, 0.25) is 0 Å². The van der Waals surface area contributed by atoms with Crippen LogP contribution in [0.3, 0.4) is 0 Å². The maximum atomic E-state index is 9.59. The monoisotopic (exact) mass is 295 g/mol. The van der Waals surface area contributed by atoms with E-state index in [0.717, 1.165) is 17.3 Å². The average molecular weight is 295 g/mol. The van der Waals surface area contributed by atoms with Crippen molar-refractivity contribution in [2.45, 2.75) is 5.25 Å². The van der Waals surface area contributed by atoms with Gasteiger partial charge in [-0.05, 0) is 18.2 Å². The van der Waals surface area contributed by atoms with E-state index in [1.165, 1.54) is 11.8 Å². The SMILES string of the molecule is Nc1ccc(-c2nc(C3CSCCS3)no2)cc1O. The van der Waals surface area contributed by atoms with Gasteiger partial charge in [-0.25, -0.2) is 0 Å². The first-order chi connectivity index (χ1) is 9.24. The van der Waals surface area contributed by atoms with Crippen LogP contribution in [0.15, 0.2) is 22.7 Å². The molecular formula is C12H13N3O2S2. The fourth-order valence-corrected chi connectivity index (χ4v) is 4.39. The fraction of sp³-hybridized carbons (Fsp3) is 0.333. The molecule has 2 aromatic rings. The number of anilines is 1. The van der Waals surface area contributed by atoms with Gasteiger partial charge in [0.25, 0.3) is 5.89 Å². The maximum Gasteiger partial charge on any atom is 0.258 e. The van der Waals surface area contributed by atoms with Gasteiger partial charge in [-0.1, -0.05) is 5.16 Å². The number of benzene rings is 1. The molecule has 2 heterocycles. The van der Waals surface area contributed by atoms with E-state index < -0.39 is 0 Å². The first kappa shape index (κ1) is 12.7. The Balaban J connectivity index is 1.85. The van der Waals surface area contributed by atoms with Gasteiger partial charge in [0.15, 0.2) is 5.82 Å². The summed E-state index contributed by atoms with van der Waals surface area (Å²) in [6.45, 7) is 0. The molecular weight excluding hydrogens is 282 g/mol. The average Bonchev–Trinajstić information content (AvgIpc) is 2.93. The first-order valence-electron chi connectivity index (χ1n) is 5.86. The van der Waals surface area contributed by atoms with Gasteiger partial charge < -0.3 is 15.4 Å². The molecule has 5 nitrogen and oxygen atoms in total. The summed E-state index contributed by atoms with van der Waals surface area (Å²) >= 11 is 3.76. The largest absolute Gasteiger partial charge is 0.506 e. The third-order valence-corrected chi connectivity index (χ3v) is 5.57. The maximum absolute atomic E-state index is 9.59. The quantitative estimate of drug-likeness (QED) is 0.650. The summed E-state index contributed by atoms with van der Waals surface area (Å²) in [5.41, 5.74) is 6.58. The van der Waals surface area contributed by atoms with E-state index in [-0.39, 0.29) is 5.75 Å². The van der Waals surface area contributed by atoms with Crippen LogP contribution in [0.1, 0.15) is 11.1 Å². The topological polar surface area (TPSA) is 85.2 Å². The van der Waals surface area contributed by atoms with Crippen LogP contribution < -0.4 is 5.73 Å². The minimum Gasteiger partial charge on any atom is -0.506 e. The van der Waals surface area contributed by atoms with Crippen LogP contribution in [0, 0.1) is 0 Å². The van der Waals surface area contributed by atoms with Gasteiger partial charge in [0.05, 0.1) is 10.9 Å². The van der Waals surface area contributed by atoms with Gasteiger partial charge in [-0.15, -0.1) is 11.8 Å². The second-order valence-electron chi connectivity index (χ2n) is 4.17. The molecule has 0 amide bonds. The second-order valence-corrected chi connectivity index (χ2v) is 6.63. The number of hydrogen-bond donors (Lipinski definition) is 2. The molecule has 1 aromatic heterocycles. The number of phenols is 1. The van der Waals surface area contributed by atoms with Crippen molar-refractivity contribution in [2.75, 3.05) is 23.0 Å². The van der Waals surface area contributed by atoms with Crippen molar-refractivity contribution in [1.29, 1.82) is 0 Å². The van der Waals surface area contributed by atoms with Crippen molar-refractivity contribution in [3.63, 3.8) is 0 Å². The smallest absolute Gasteiger partial charge is 0.258 e. The molecule has 0 saturated carbocycles. The van der Waals surface area contributed by atoms with Crippen molar-refractivity contribution in [1.82, 2.24) is 10.1 Å². The van der Waals surface area contributed by atoms with Crippen LogP contribution in [0.25, 0.3) is 11.5 Å². The summed E-state index contributed by atoms with van der Waals surface area (Å²) in [4.78, 5) is 4.41. The van der Waals surface area contributed by atoms with Crippen molar-refractivity contribution in [3.05, 3.63) is 24.0 Å². The minimum absolute atomic E-state index is 0.0276. The summed E-state index contributed by atoms with van der Waals surface area (Å²) in [7, 11) is 0. The molecule has 1 saturated heterocycles. The number of aromatic nitrogens is 2. The van der Waals surface area contributed by atoms with Crippen molar-refractivity contribution < 1.29 is 9.63 Å². The van der Waals surface area contributed by atoms with Crippen molar-refractivity contribution in [2.24, 2.45) is 0 Å². The molecule has 1 unspecified atom stereocenters. The number of hydrogen-bond acceptors (Lipinski definition) is 7. The molecule has 1 aliphatic rings. The summed E-state index contributed by atoms with van der Waals surface area (Å²) < 4.78 is 5.26. The number of phenolic OH excluding ortho intramolecular Hbond substituents is 1. The zero-order valence-electron chi connectivity index (χ0n) is 10.1. The van der Waals surface area contributed by atoms with Crippen LogP contribution in [0.5, 0.6) is 5.75 Å². The highest BCUT2D eigenvalue weighted by Crippen LogP contribution is 2.36. The Hall–Kier alpha value is -1.34. The Morgan fingerprint density at radius 3 is 3.00 bits per heavy atom. The molecule has 0 radical (unpaired) electrons. The highest BCUT2D eigenvalue weighted by Gasteiger charge is 2.22. The van der Waals surface area contributed by atoms with Gasteiger partial charge in [-0.3, -0.25) is 0 Å². The Morgan fingerprint density at radius 1 is 1.37 bits per heavy atom. The van der Waals surface area contributed by atoms with Crippen LogP contribution in [0.2, 0.25) is 0 Å². The van der Waals surface area contributed by atoms with E-state index >= 15 is 0 Å². The van der Waals surface area contributed by atoms with E-state index in [1.54, 1.807) is 12.1 Å². The number of rotatable bonds is 2. The number of nitrogens with zero attached hydrogens (tertiary/aromatic N) is 2. The second kappa shape index (κ2) is 5.34. The Bertz CT molecular complexity index is 582. The lowest BCUT2D eigenvalue weighted by Crippen LogP contribution is -2.07. The standard InChI is InChI=1S/C12H13N3O2S2/c13-8-2-1-7(5-9(8)16)12-14-11(15-17-12)10-6-18-3-4-19-10/h1-2,5,10,16H,3-4,6,13H2. The third-order valence-electron chi connectivity index (χ3n) is 2.82. The molecule has 0 bridgehead atoms. The molecule has 3 N–H and O–H groups in total. The highest BCUT2D eigenvalue weighted by molar-refractivity contribution is 8.06. The van der Waals surface area contributed by atoms with Crippen LogP contribution in [-0.4, -0.2) is 32.5 Å². The van der Waals surface area contributed by atoms with E-state index in [2.05, 4.69) is 10.1 Å². The molecule has 3 rings (SSSR count). The van der Waals surface area contributed by atoms with Gasteiger partial charge in [0, 0.05) is 22.8 Å². The summed E-state index contributed by atoms with van der Waals surface area (Å²) in [6, 6.07) is 4.92. The predicted molar refractivity (Wildman–Crippen MR) is 78.3 cm³/mol. The zero-order chi connectivity index (χ0) is 13.2. The number of aromatic hydroxyl groups is 1. The zero-order valence-corrected chi connectivity index (χ0v) is 11.7. The lowest BCUT2D eigenvalue weighted by molar-refractivity contribution is 0.422. The van der Waals surface area contributed by atoms with E-state index in [1.807, 2.05) is 23.5 Å². The molecule has 0 spiro atoms. The minimum atomic E-state index is 0.0276. The molecule has 1 aromatic carbocycles. The lowest BCUT2D eigenvalue weighted by atomic mass is 10.2. The molecule has 7 heteroatoms. The van der Waals surface area contributed by atoms with E-state index in [9.17, 15) is 5.11 Å². The van der Waals surface area contributed by atoms with E-state index in [0.29, 0.717) is 22.4 Å². The van der Waals surface area contributed by atoms with Gasteiger partial charge >= 0.3 is 0 Å². The summed E-state index contributed by atoms with van der Waals surface area (Å²) in [6.07, 6.45) is 0. The number of nitrogens with two attached hydrogens (primary N) is 1. The van der Waals surface area contributed by atoms with Crippen molar-refractivity contribution >= 4 is 29.2 Å². The molecule has 1 atom stereocenters. The summed E-state index contributed by atoms with van der Waals surface area (Å²) in [5.74, 6) is 4.47. The van der Waals surface area contributed by atoms with Crippen LogP contribution in [-0.2, 0) is 0 Å². The van der Waals surface area contributed by atoms with E-state index in [4.69, 9.17) is 10.3 Å². The summed E-state index contributed by atoms with van der Waals surface area (Å²) in [5, 5.41) is 13.9. The van der Waals surface area contributed by atoms with Crippen LogP contribution in [0.4, 0.5) is 5.69 Å². The normalized spacial score (nSPS) is 19.5. The molecule has 0 aliphatic carbocycles. The molecule has 1 fully saturated rings. The number of thioether (sulfide) groups is 2. The van der Waals surface area contributed by atoms with Gasteiger partial charge in [0.1, 0.15) is 5.75 Å². The molecule has 1 aliphatic heterocycles. The van der Waals surface area contributed by atoms with Crippen LogP contribution >= 0.6 is 23.5 Å². The highest BCUT2D eigenvalue weighted by atomic mass is 32.2. The van der Waals surface area contributed by atoms with Crippen molar-refractivity contribution in [3.8, 4) is 17.2 Å². The fourth-order valence-electron chi connectivity index (χ4n) is 1.80. The molecule has 19 heavy (non-hydrogen) atoms. The molecule has 100 valence electrons. The Labute approximate surface area is 119 Å². The number of nitrogen functional groups attached to an aromatic ring is 1. The first-order valence-corrected chi connectivity index (χ1v) is 8.06. The predicted octanol–water partition coefficient (Wildman–Crippen LogP) is 2.55. The Morgan fingerprint density at radius 2 is 2.26 bits per heavy atom. The third kappa shape index (κ3) is 2.66. The Kier molecular flexibility index (Phi) is 3.56. The lowest BCUT2D eigenvalue weighted by Gasteiger charge is -2.16. The van der Waals surface area contributed by atoms with Gasteiger partial charge in [-0.2, -0.15) is 16.7 Å².